The molecule has 0 aliphatic heterocycles. The van der Waals surface area contributed by atoms with Crippen molar-refractivity contribution in [3.05, 3.63) is 60.2 Å². The van der Waals surface area contributed by atoms with Crippen LogP contribution in [0.5, 0.6) is 5.75 Å². The fraction of sp³-hybridized carbons (Fsp3) is 0.520. The predicted octanol–water partition coefficient (Wildman–Crippen LogP) is 6.35. The molecule has 0 saturated heterocycles. The third-order valence-electron chi connectivity index (χ3n) is 8.11. The van der Waals surface area contributed by atoms with Crippen molar-refractivity contribution in [2.75, 3.05) is 0 Å². The molecule has 0 amide bonds. The maximum Gasteiger partial charge on any atom is 0.140 e. The summed E-state index contributed by atoms with van der Waals surface area (Å²) in [4.78, 5) is 0. The number of hydrogen-bond acceptors (Lipinski definition) is 1. The summed E-state index contributed by atoms with van der Waals surface area (Å²) in [5.74, 6) is 1.74. The summed E-state index contributed by atoms with van der Waals surface area (Å²) in [6.07, 6.45) is 3.69. The van der Waals surface area contributed by atoms with Gasteiger partial charge in [0.05, 0.1) is 8.07 Å². The second kappa shape index (κ2) is 5.98. The summed E-state index contributed by atoms with van der Waals surface area (Å²) in [7, 11) is -1.29. The van der Waals surface area contributed by atoms with E-state index in [1.165, 1.54) is 23.6 Å². The standard InChI is InChI=1S/C25H34OSi/c1-23(2)20-16-17-24(23,3)25(18-20,19-10-8-7-9-11-19)26-21-12-14-22(15-13-21)27(4,5)6/h7-15,20H,16-18H2,1-6H3/t20-,24-,25+/m1/s1. The molecular formula is C25H34OSi. The molecule has 1 nitrogen and oxygen atoms in total. The van der Waals surface area contributed by atoms with Gasteiger partial charge in [-0.2, -0.15) is 0 Å². The van der Waals surface area contributed by atoms with Crippen LogP contribution in [0.25, 0.3) is 0 Å². The van der Waals surface area contributed by atoms with E-state index in [9.17, 15) is 0 Å². The van der Waals surface area contributed by atoms with Gasteiger partial charge in [-0.25, -0.2) is 0 Å². The first-order valence-electron chi connectivity index (χ1n) is 10.5. The Morgan fingerprint density at radius 1 is 0.889 bits per heavy atom. The molecule has 27 heavy (non-hydrogen) atoms. The molecule has 2 saturated carbocycles. The van der Waals surface area contributed by atoms with Crippen molar-refractivity contribution in [3.8, 4) is 5.75 Å². The van der Waals surface area contributed by atoms with Gasteiger partial charge in [-0.3, -0.25) is 0 Å². The van der Waals surface area contributed by atoms with Crippen LogP contribution in [0.15, 0.2) is 54.6 Å². The van der Waals surface area contributed by atoms with Gasteiger partial charge < -0.3 is 4.74 Å². The average molecular weight is 379 g/mol. The maximum atomic E-state index is 7.00. The highest BCUT2D eigenvalue weighted by Crippen LogP contribution is 2.73. The minimum atomic E-state index is -1.29. The molecule has 144 valence electrons. The lowest BCUT2D eigenvalue weighted by Gasteiger charge is -2.48. The normalized spacial score (nSPS) is 31.9. The second-order valence-corrected chi connectivity index (χ2v) is 15.6. The highest BCUT2D eigenvalue weighted by Gasteiger charge is 2.70. The Bertz CT molecular complexity index is 818. The van der Waals surface area contributed by atoms with Gasteiger partial charge in [-0.05, 0) is 48.3 Å². The molecule has 2 fully saturated rings. The Labute approximate surface area is 166 Å². The smallest absolute Gasteiger partial charge is 0.140 e. The molecule has 0 aromatic heterocycles. The maximum absolute atomic E-state index is 7.00. The van der Waals surface area contributed by atoms with Crippen LogP contribution in [0.2, 0.25) is 19.6 Å². The second-order valence-electron chi connectivity index (χ2n) is 10.6. The third kappa shape index (κ3) is 2.63. The molecule has 0 unspecified atom stereocenters. The predicted molar refractivity (Wildman–Crippen MR) is 117 cm³/mol. The van der Waals surface area contributed by atoms with Crippen LogP contribution in [0, 0.1) is 16.7 Å². The summed E-state index contributed by atoms with van der Waals surface area (Å²) >= 11 is 0. The lowest BCUT2D eigenvalue weighted by atomic mass is 9.62. The van der Waals surface area contributed by atoms with Gasteiger partial charge >= 0.3 is 0 Å². The molecule has 4 rings (SSSR count). The van der Waals surface area contributed by atoms with Crippen molar-refractivity contribution in [3.63, 3.8) is 0 Å². The van der Waals surface area contributed by atoms with Gasteiger partial charge in [0.1, 0.15) is 11.4 Å². The van der Waals surface area contributed by atoms with Crippen molar-refractivity contribution < 1.29 is 4.74 Å². The Morgan fingerprint density at radius 3 is 2.00 bits per heavy atom. The summed E-state index contributed by atoms with van der Waals surface area (Å²) in [5, 5.41) is 1.49. The highest BCUT2D eigenvalue weighted by molar-refractivity contribution is 6.88. The SMILES string of the molecule is CC1(C)[C@@H]2CC[C@@]1(C)[C@@](Oc1ccc([Si](C)(C)C)cc1)(c1ccccc1)C2. The molecular weight excluding hydrogens is 344 g/mol. The fourth-order valence-corrected chi connectivity index (χ4v) is 7.00. The fourth-order valence-electron chi connectivity index (χ4n) is 5.83. The monoisotopic (exact) mass is 378 g/mol. The Kier molecular flexibility index (Phi) is 4.16. The Balaban J connectivity index is 1.78. The number of hydrogen-bond donors (Lipinski definition) is 0. The largest absolute Gasteiger partial charge is 0.482 e. The van der Waals surface area contributed by atoms with Crippen molar-refractivity contribution in [2.45, 2.75) is 65.3 Å². The molecule has 2 bridgehead atoms. The number of rotatable bonds is 4. The van der Waals surface area contributed by atoms with Gasteiger partial charge in [-0.15, -0.1) is 0 Å². The molecule has 0 heterocycles. The van der Waals surface area contributed by atoms with Crippen LogP contribution in [-0.2, 0) is 5.60 Å². The van der Waals surface area contributed by atoms with Gasteiger partial charge in [-0.1, -0.05) is 88.1 Å². The molecule has 2 aliphatic carbocycles. The van der Waals surface area contributed by atoms with Crippen LogP contribution >= 0.6 is 0 Å². The zero-order chi connectivity index (χ0) is 19.5. The molecule has 2 heteroatoms. The van der Waals surface area contributed by atoms with E-state index in [4.69, 9.17) is 4.74 Å². The minimum absolute atomic E-state index is 0.142. The van der Waals surface area contributed by atoms with Crippen LogP contribution in [0.3, 0.4) is 0 Å². The first kappa shape index (κ1) is 18.8. The van der Waals surface area contributed by atoms with Crippen molar-refractivity contribution in [1.29, 1.82) is 0 Å². The van der Waals surface area contributed by atoms with E-state index in [-0.39, 0.29) is 11.0 Å². The lowest BCUT2D eigenvalue weighted by Crippen LogP contribution is -2.49. The van der Waals surface area contributed by atoms with Gasteiger partial charge in [0.15, 0.2) is 0 Å². The molecule has 0 N–H and O–H groups in total. The summed E-state index contributed by atoms with van der Waals surface area (Å²) in [6, 6.07) is 20.0. The van der Waals surface area contributed by atoms with E-state index >= 15 is 0 Å². The average Bonchev–Trinajstić information content (AvgIpc) is 2.94. The molecule has 2 aromatic rings. The first-order valence-corrected chi connectivity index (χ1v) is 14.0. The highest BCUT2D eigenvalue weighted by atomic mass is 28.3. The van der Waals surface area contributed by atoms with Crippen LogP contribution in [-0.4, -0.2) is 8.07 Å². The summed E-state index contributed by atoms with van der Waals surface area (Å²) in [5.41, 5.74) is 1.54. The van der Waals surface area contributed by atoms with E-state index < -0.39 is 8.07 Å². The van der Waals surface area contributed by atoms with E-state index in [2.05, 4.69) is 95.0 Å². The molecule has 0 spiro atoms. The third-order valence-corrected chi connectivity index (χ3v) is 10.2. The van der Waals surface area contributed by atoms with Crippen molar-refractivity contribution >= 4 is 13.3 Å². The van der Waals surface area contributed by atoms with Crippen molar-refractivity contribution in [2.24, 2.45) is 16.7 Å². The van der Waals surface area contributed by atoms with E-state index in [1.54, 1.807) is 0 Å². The molecule has 3 atom stereocenters. The van der Waals surface area contributed by atoms with Crippen LogP contribution in [0.4, 0.5) is 0 Å². The molecule has 2 aromatic carbocycles. The lowest BCUT2D eigenvalue weighted by molar-refractivity contribution is -0.0741. The van der Waals surface area contributed by atoms with Gasteiger partial charge in [0, 0.05) is 5.41 Å². The Morgan fingerprint density at radius 2 is 1.52 bits per heavy atom. The first-order chi connectivity index (χ1) is 12.6. The van der Waals surface area contributed by atoms with E-state index in [0.29, 0.717) is 5.41 Å². The quantitative estimate of drug-likeness (QED) is 0.563. The molecule has 0 radical (unpaired) electrons. The number of fused-ring (bicyclic) bond motifs is 2. The van der Waals surface area contributed by atoms with Gasteiger partial charge in [0.2, 0.25) is 0 Å². The summed E-state index contributed by atoms with van der Waals surface area (Å²) in [6.45, 7) is 14.6. The van der Waals surface area contributed by atoms with Gasteiger partial charge in [0.25, 0.3) is 0 Å². The van der Waals surface area contributed by atoms with Crippen LogP contribution in [0.1, 0.15) is 45.6 Å². The van der Waals surface area contributed by atoms with Crippen molar-refractivity contribution in [1.82, 2.24) is 0 Å². The number of benzene rings is 2. The number of ether oxygens (including phenoxy) is 1. The van der Waals surface area contributed by atoms with E-state index in [1.807, 2.05) is 0 Å². The Hall–Kier alpha value is -1.54. The summed E-state index contributed by atoms with van der Waals surface area (Å²) < 4.78 is 7.00. The topological polar surface area (TPSA) is 9.23 Å². The minimum Gasteiger partial charge on any atom is -0.482 e. The molecule has 2 aliphatic rings. The van der Waals surface area contributed by atoms with E-state index in [0.717, 1.165) is 18.1 Å². The van der Waals surface area contributed by atoms with Crippen LogP contribution < -0.4 is 9.92 Å². The zero-order valence-electron chi connectivity index (χ0n) is 17.8. The zero-order valence-corrected chi connectivity index (χ0v) is 18.8.